The molecule has 4 aliphatic rings. The molecular formula is C39H41F2N9O7S. The van der Waals surface area contributed by atoms with E-state index in [0.29, 0.717) is 30.0 Å². The van der Waals surface area contributed by atoms with Gasteiger partial charge in [-0.2, -0.15) is 9.29 Å². The van der Waals surface area contributed by atoms with Crippen LogP contribution >= 0.6 is 0 Å². The number of fused-ring (bicyclic) bond motifs is 2. The smallest absolute Gasteiger partial charge is 0.262 e. The topological polar surface area (TPSA) is 205 Å². The Morgan fingerprint density at radius 1 is 0.862 bits per heavy atom. The maximum Gasteiger partial charge on any atom is 0.262 e. The quantitative estimate of drug-likeness (QED) is 0.120. The maximum absolute atomic E-state index is 15.0. The monoisotopic (exact) mass is 817 g/mol. The number of anilines is 2. The molecule has 1 atom stereocenters. The molecule has 3 fully saturated rings. The first-order chi connectivity index (χ1) is 27.9. The third kappa shape index (κ3) is 7.68. The van der Waals surface area contributed by atoms with Gasteiger partial charge in [-0.1, -0.05) is 12.8 Å². The summed E-state index contributed by atoms with van der Waals surface area (Å²) in [6.45, 7) is 0.829. The molecule has 0 bridgehead atoms. The Hall–Kier alpha value is -5.66. The number of nitrogens with zero attached hydrogens (tertiary/aromatic N) is 5. The second-order valence-corrected chi connectivity index (χ2v) is 16.9. The van der Waals surface area contributed by atoms with Gasteiger partial charge in [0.05, 0.1) is 21.7 Å². The van der Waals surface area contributed by atoms with Crippen molar-refractivity contribution in [2.24, 2.45) is 0 Å². The highest BCUT2D eigenvalue weighted by Gasteiger charge is 2.45. The first kappa shape index (κ1) is 39.2. The molecule has 4 aromatic rings. The number of imide groups is 2. The van der Waals surface area contributed by atoms with Crippen molar-refractivity contribution in [3.63, 3.8) is 0 Å². The summed E-state index contributed by atoms with van der Waals surface area (Å²) in [7, 11) is -4.04. The molecule has 1 aliphatic carbocycles. The van der Waals surface area contributed by atoms with Crippen LogP contribution in [-0.4, -0.2) is 94.0 Å². The number of pyridine rings is 1. The molecule has 3 aliphatic heterocycles. The number of piperidine rings is 2. The molecule has 2 saturated heterocycles. The normalized spacial score (nSPS) is 19.6. The minimum atomic E-state index is -4.04. The maximum atomic E-state index is 15.0. The van der Waals surface area contributed by atoms with E-state index in [9.17, 15) is 36.8 Å². The van der Waals surface area contributed by atoms with Crippen molar-refractivity contribution >= 4 is 56.3 Å². The molecule has 2 aromatic heterocycles. The number of rotatable bonds is 12. The fourth-order valence-corrected chi connectivity index (χ4v) is 9.76. The number of sulfonamides is 1. The molecule has 0 spiro atoms. The largest absolute Gasteiger partial charge is 0.381 e. The summed E-state index contributed by atoms with van der Waals surface area (Å²) in [6.07, 6.45) is 6.50. The number of halogens is 2. The summed E-state index contributed by atoms with van der Waals surface area (Å²) in [5, 5.41) is 12.1. The highest BCUT2D eigenvalue weighted by molar-refractivity contribution is 7.89. The molecule has 0 radical (unpaired) electrons. The van der Waals surface area contributed by atoms with Crippen molar-refractivity contribution in [2.75, 3.05) is 36.8 Å². The highest BCUT2D eigenvalue weighted by Crippen LogP contribution is 2.32. The van der Waals surface area contributed by atoms with Gasteiger partial charge in [-0.3, -0.25) is 38.8 Å². The SMILES string of the molecule is O=C1CCC(N2C(=O)c3cc(F)c(NCCNCc4cc(F)cc(S(=O)(=O)N5CCC(Nc6ncc7ccc(=O)n(C8CCCC8)c7n6)CC5)c4)cc3C2=O)C(=O)N1. The Labute approximate surface area is 331 Å². The first-order valence-electron chi connectivity index (χ1n) is 19.3. The second-order valence-electron chi connectivity index (χ2n) is 15.0. The predicted molar refractivity (Wildman–Crippen MR) is 206 cm³/mol. The summed E-state index contributed by atoms with van der Waals surface area (Å²) in [5.41, 5.74) is 0.544. The van der Waals surface area contributed by atoms with Crippen molar-refractivity contribution in [1.29, 1.82) is 0 Å². The van der Waals surface area contributed by atoms with Gasteiger partial charge in [0.25, 0.3) is 17.4 Å². The van der Waals surface area contributed by atoms with Gasteiger partial charge in [0.2, 0.25) is 27.8 Å². The van der Waals surface area contributed by atoms with Crippen molar-refractivity contribution in [3.8, 4) is 0 Å². The Kier molecular flexibility index (Phi) is 10.8. The fourth-order valence-electron chi connectivity index (χ4n) is 8.21. The zero-order chi connectivity index (χ0) is 40.7. The zero-order valence-electron chi connectivity index (χ0n) is 31.3. The summed E-state index contributed by atoms with van der Waals surface area (Å²) in [6, 6.07) is 7.82. The molecule has 4 N–H and O–H groups in total. The zero-order valence-corrected chi connectivity index (χ0v) is 32.1. The molecule has 58 heavy (non-hydrogen) atoms. The van der Waals surface area contributed by atoms with Crippen molar-refractivity contribution in [1.82, 2.24) is 34.4 Å². The Balaban J connectivity index is 0.844. The molecule has 1 saturated carbocycles. The predicted octanol–water partition coefficient (Wildman–Crippen LogP) is 3.05. The average molecular weight is 818 g/mol. The van der Waals surface area contributed by atoms with Gasteiger partial charge >= 0.3 is 0 Å². The number of carbonyl (C=O) groups excluding carboxylic acids is 4. The summed E-state index contributed by atoms with van der Waals surface area (Å²) in [4.78, 5) is 72.4. The van der Waals surface area contributed by atoms with Crippen LogP contribution in [0.15, 0.2) is 58.4 Å². The molecule has 16 nitrogen and oxygen atoms in total. The number of aromatic nitrogens is 3. The molecule has 2 aromatic carbocycles. The third-order valence-corrected chi connectivity index (χ3v) is 13.1. The lowest BCUT2D eigenvalue weighted by Gasteiger charge is -2.31. The van der Waals surface area contributed by atoms with E-state index in [-0.39, 0.29) is 84.9 Å². The number of nitrogens with one attached hydrogen (secondary N) is 4. The Morgan fingerprint density at radius 3 is 2.34 bits per heavy atom. The first-order valence-corrected chi connectivity index (χ1v) is 20.8. The van der Waals surface area contributed by atoms with E-state index in [2.05, 4.69) is 26.3 Å². The minimum absolute atomic E-state index is 0.0266. The van der Waals surface area contributed by atoms with E-state index in [1.807, 2.05) is 0 Å². The van der Waals surface area contributed by atoms with Crippen LogP contribution in [0.4, 0.5) is 20.4 Å². The Bertz CT molecular complexity index is 2500. The lowest BCUT2D eigenvalue weighted by molar-refractivity contribution is -0.136. The molecule has 8 rings (SSSR count). The summed E-state index contributed by atoms with van der Waals surface area (Å²) in [5.74, 6) is -4.01. The van der Waals surface area contributed by atoms with Crippen LogP contribution in [-0.2, 0) is 26.2 Å². The van der Waals surface area contributed by atoms with Gasteiger partial charge in [0, 0.05) is 68.9 Å². The summed E-state index contributed by atoms with van der Waals surface area (Å²) >= 11 is 0. The number of benzene rings is 2. The van der Waals surface area contributed by atoms with Gasteiger partial charge < -0.3 is 16.0 Å². The number of amides is 4. The van der Waals surface area contributed by atoms with Crippen LogP contribution in [0, 0.1) is 11.6 Å². The standard InChI is InChI=1S/C39H41F2N9O7S/c40-24-15-22(20-42-11-12-43-31-19-29-28(18-30(31)41)37(54)50(38(29)55)32-6-7-33(51)46-36(32)53)16-27(17-24)58(56,57)48-13-9-25(10-14-48)45-39-44-21-23-5-8-34(52)49(35(23)47-39)26-3-1-2-4-26/h5,8,15-19,21,25-26,32,42-43H,1-4,6-7,9-14,20H2,(H,44,45,47)(H,46,51,53). The van der Waals surface area contributed by atoms with Gasteiger partial charge in [-0.25, -0.2) is 22.2 Å². The van der Waals surface area contributed by atoms with Crippen LogP contribution in [0.2, 0.25) is 0 Å². The van der Waals surface area contributed by atoms with E-state index in [1.165, 1.54) is 22.5 Å². The minimum Gasteiger partial charge on any atom is -0.381 e. The Morgan fingerprint density at radius 2 is 1.60 bits per heavy atom. The van der Waals surface area contributed by atoms with Crippen LogP contribution < -0.4 is 26.8 Å². The van der Waals surface area contributed by atoms with Crippen LogP contribution in [0.5, 0.6) is 0 Å². The van der Waals surface area contributed by atoms with Gasteiger partial charge in [-0.15, -0.1) is 0 Å². The van der Waals surface area contributed by atoms with Crippen molar-refractivity contribution < 1.29 is 36.4 Å². The molecule has 304 valence electrons. The van der Waals surface area contributed by atoms with Crippen molar-refractivity contribution in [2.45, 2.75) is 80.9 Å². The van der Waals surface area contributed by atoms with Crippen LogP contribution in [0.1, 0.15) is 83.7 Å². The number of carbonyl (C=O) groups is 4. The van der Waals surface area contributed by atoms with E-state index in [4.69, 9.17) is 4.98 Å². The molecule has 4 amide bonds. The summed E-state index contributed by atoms with van der Waals surface area (Å²) < 4.78 is 60.2. The van der Waals surface area contributed by atoms with Gasteiger partial charge in [0.1, 0.15) is 23.3 Å². The van der Waals surface area contributed by atoms with E-state index in [0.717, 1.165) is 48.1 Å². The average Bonchev–Trinajstić information content (AvgIpc) is 3.81. The lowest BCUT2D eigenvalue weighted by atomic mass is 10.0. The van der Waals surface area contributed by atoms with Crippen LogP contribution in [0.3, 0.4) is 0 Å². The second kappa shape index (κ2) is 15.9. The number of hydrogen-bond acceptors (Lipinski definition) is 12. The van der Waals surface area contributed by atoms with E-state index >= 15 is 4.39 Å². The van der Waals surface area contributed by atoms with Gasteiger partial charge in [0.15, 0.2) is 0 Å². The lowest BCUT2D eigenvalue weighted by Crippen LogP contribution is -2.54. The number of hydrogen-bond donors (Lipinski definition) is 4. The van der Waals surface area contributed by atoms with Gasteiger partial charge in [-0.05, 0) is 74.1 Å². The molecule has 19 heteroatoms. The third-order valence-electron chi connectivity index (χ3n) is 11.2. The van der Waals surface area contributed by atoms with E-state index < -0.39 is 51.3 Å². The molecular weight excluding hydrogens is 777 g/mol. The van der Waals surface area contributed by atoms with E-state index in [1.54, 1.807) is 22.9 Å². The fraction of sp³-hybridized carbons (Fsp3) is 0.410. The van der Waals surface area contributed by atoms with Crippen molar-refractivity contribution in [3.05, 3.63) is 87.3 Å². The molecule has 5 heterocycles. The molecule has 1 unspecified atom stereocenters. The highest BCUT2D eigenvalue weighted by atomic mass is 32.2. The van der Waals surface area contributed by atoms with Crippen LogP contribution in [0.25, 0.3) is 11.0 Å².